The van der Waals surface area contributed by atoms with Gasteiger partial charge < -0.3 is 30.3 Å². The number of hydrogen-bond acceptors (Lipinski definition) is 6. The van der Waals surface area contributed by atoms with E-state index in [0.29, 0.717) is 24.0 Å². The van der Waals surface area contributed by atoms with E-state index in [4.69, 9.17) is 19.6 Å². The van der Waals surface area contributed by atoms with Gasteiger partial charge in [-0.05, 0) is 37.0 Å². The van der Waals surface area contributed by atoms with E-state index < -0.39 is 5.91 Å². The van der Waals surface area contributed by atoms with E-state index in [9.17, 15) is 9.59 Å². The summed E-state index contributed by atoms with van der Waals surface area (Å²) < 4.78 is 15.6. The Hall–Kier alpha value is -3.00. The van der Waals surface area contributed by atoms with Gasteiger partial charge in [-0.15, -0.1) is 0 Å². The molecular formula is C19H23N3O5. The van der Waals surface area contributed by atoms with Crippen LogP contribution in [0.1, 0.15) is 33.8 Å². The Labute approximate surface area is 157 Å². The summed E-state index contributed by atoms with van der Waals surface area (Å²) in [5, 5.41) is 5.50. The zero-order chi connectivity index (χ0) is 19.4. The zero-order valence-electron chi connectivity index (χ0n) is 15.3. The summed E-state index contributed by atoms with van der Waals surface area (Å²) in [6.45, 7) is 0.364. The van der Waals surface area contributed by atoms with Crippen molar-refractivity contribution in [3.63, 3.8) is 0 Å². The average molecular weight is 373 g/mol. The van der Waals surface area contributed by atoms with Crippen molar-refractivity contribution >= 4 is 17.5 Å². The lowest BCUT2D eigenvalue weighted by atomic mass is 10.1. The molecule has 1 aromatic carbocycles. The van der Waals surface area contributed by atoms with E-state index in [1.54, 1.807) is 6.07 Å². The summed E-state index contributed by atoms with van der Waals surface area (Å²) >= 11 is 0. The molecule has 1 aliphatic carbocycles. The van der Waals surface area contributed by atoms with E-state index >= 15 is 0 Å². The normalized spacial score (nSPS) is 14.3. The number of carbonyl (C=O) groups is 2. The molecule has 2 amide bonds. The lowest BCUT2D eigenvalue weighted by Gasteiger charge is -2.16. The lowest BCUT2D eigenvalue weighted by molar-refractivity contribution is 0.0950. The molecule has 8 nitrogen and oxygen atoms in total. The van der Waals surface area contributed by atoms with Gasteiger partial charge in [-0.1, -0.05) is 0 Å². The van der Waals surface area contributed by atoms with Gasteiger partial charge in [-0.25, -0.2) is 0 Å². The van der Waals surface area contributed by atoms with Crippen LogP contribution in [0.3, 0.4) is 0 Å². The number of methoxy groups -OCH3 is 2. The second kappa shape index (κ2) is 8.13. The van der Waals surface area contributed by atoms with Gasteiger partial charge in [-0.3, -0.25) is 9.59 Å². The van der Waals surface area contributed by atoms with E-state index in [1.165, 1.54) is 38.7 Å². The lowest BCUT2D eigenvalue weighted by Crippen LogP contribution is -2.38. The quantitative estimate of drug-likeness (QED) is 0.652. The molecule has 8 heteroatoms. The number of nitrogens with two attached hydrogens (primary N) is 1. The second-order valence-corrected chi connectivity index (χ2v) is 6.40. The van der Waals surface area contributed by atoms with Crippen molar-refractivity contribution in [1.82, 2.24) is 5.32 Å². The molecule has 0 saturated heterocycles. The Bertz CT molecular complexity index is 815. The Kier molecular flexibility index (Phi) is 5.66. The number of anilines is 1. The maximum atomic E-state index is 12.7. The summed E-state index contributed by atoms with van der Waals surface area (Å²) in [5.74, 6) is 0.530. The standard InChI is InChI=1S/C19H23N3O5/c1-25-16-8-12(18(23)21-10-13(20)11-5-6-11)14(9-17(16)26-2)22-19(24)15-4-3-7-27-15/h3-4,7-9,11,13H,5-6,10,20H2,1-2H3,(H,21,23)(H,22,24). The first-order chi connectivity index (χ1) is 13.0. The van der Waals surface area contributed by atoms with Crippen LogP contribution in [0.2, 0.25) is 0 Å². The Morgan fingerprint density at radius 3 is 2.52 bits per heavy atom. The topological polar surface area (TPSA) is 116 Å². The number of carbonyl (C=O) groups excluding carboxylic acids is 2. The molecule has 0 aliphatic heterocycles. The van der Waals surface area contributed by atoms with Crippen molar-refractivity contribution in [2.75, 3.05) is 26.1 Å². The third-order valence-corrected chi connectivity index (χ3v) is 4.49. The number of nitrogens with one attached hydrogen (secondary N) is 2. The first-order valence-corrected chi connectivity index (χ1v) is 8.68. The van der Waals surface area contributed by atoms with Crippen molar-refractivity contribution in [2.45, 2.75) is 18.9 Å². The minimum Gasteiger partial charge on any atom is -0.493 e. The number of furan rings is 1. The Balaban J connectivity index is 1.84. The van der Waals surface area contributed by atoms with Crippen LogP contribution in [0, 0.1) is 5.92 Å². The Morgan fingerprint density at radius 1 is 1.22 bits per heavy atom. The fourth-order valence-electron chi connectivity index (χ4n) is 2.76. The molecule has 144 valence electrons. The molecule has 1 fully saturated rings. The van der Waals surface area contributed by atoms with E-state index in [-0.39, 0.29) is 29.0 Å². The average Bonchev–Trinajstić information content (AvgIpc) is 3.39. The van der Waals surface area contributed by atoms with Crippen LogP contribution in [0.25, 0.3) is 0 Å². The van der Waals surface area contributed by atoms with Gasteiger partial charge in [0.1, 0.15) is 0 Å². The first kappa shape index (κ1) is 18.8. The summed E-state index contributed by atoms with van der Waals surface area (Å²) in [6.07, 6.45) is 3.59. The predicted octanol–water partition coefficient (Wildman–Crippen LogP) is 2.02. The third kappa shape index (κ3) is 4.40. The first-order valence-electron chi connectivity index (χ1n) is 8.68. The summed E-state index contributed by atoms with van der Waals surface area (Å²) in [5.41, 5.74) is 6.58. The zero-order valence-corrected chi connectivity index (χ0v) is 15.3. The summed E-state index contributed by atoms with van der Waals surface area (Å²) in [4.78, 5) is 25.1. The van der Waals surface area contributed by atoms with Crippen LogP contribution >= 0.6 is 0 Å². The van der Waals surface area contributed by atoms with Crippen molar-refractivity contribution in [2.24, 2.45) is 11.7 Å². The fourth-order valence-corrected chi connectivity index (χ4v) is 2.76. The molecule has 2 aromatic rings. The minimum atomic E-state index is -0.476. The number of hydrogen-bond donors (Lipinski definition) is 3. The van der Waals surface area contributed by atoms with Crippen molar-refractivity contribution < 1.29 is 23.5 Å². The predicted molar refractivity (Wildman–Crippen MR) is 99.2 cm³/mol. The van der Waals surface area contributed by atoms with Gasteiger partial charge in [0.05, 0.1) is 31.7 Å². The van der Waals surface area contributed by atoms with Crippen LogP contribution in [-0.2, 0) is 0 Å². The molecule has 0 bridgehead atoms. The van der Waals surface area contributed by atoms with Crippen LogP contribution in [-0.4, -0.2) is 38.6 Å². The monoisotopic (exact) mass is 373 g/mol. The molecule has 1 unspecified atom stereocenters. The second-order valence-electron chi connectivity index (χ2n) is 6.40. The highest BCUT2D eigenvalue weighted by Crippen LogP contribution is 2.34. The Morgan fingerprint density at radius 2 is 1.93 bits per heavy atom. The molecule has 3 rings (SSSR count). The highest BCUT2D eigenvalue weighted by atomic mass is 16.5. The molecular weight excluding hydrogens is 350 g/mol. The number of rotatable bonds is 8. The van der Waals surface area contributed by atoms with Crippen LogP contribution in [0.4, 0.5) is 5.69 Å². The smallest absolute Gasteiger partial charge is 0.291 e. The highest BCUT2D eigenvalue weighted by molar-refractivity contribution is 6.08. The highest BCUT2D eigenvalue weighted by Gasteiger charge is 2.29. The molecule has 1 atom stereocenters. The molecule has 4 N–H and O–H groups in total. The molecule has 1 heterocycles. The van der Waals surface area contributed by atoms with E-state index in [1.807, 2.05) is 0 Å². The summed E-state index contributed by atoms with van der Waals surface area (Å²) in [6, 6.07) is 6.13. The van der Waals surface area contributed by atoms with Gasteiger partial charge >= 0.3 is 0 Å². The third-order valence-electron chi connectivity index (χ3n) is 4.49. The molecule has 27 heavy (non-hydrogen) atoms. The number of amides is 2. The SMILES string of the molecule is COc1cc(NC(=O)c2ccco2)c(C(=O)NCC(N)C2CC2)cc1OC. The minimum absolute atomic E-state index is 0.0738. The fraction of sp³-hybridized carbons (Fsp3) is 0.368. The molecule has 1 aromatic heterocycles. The van der Waals surface area contributed by atoms with Gasteiger partial charge in [-0.2, -0.15) is 0 Å². The van der Waals surface area contributed by atoms with Gasteiger partial charge in [0.25, 0.3) is 11.8 Å². The van der Waals surface area contributed by atoms with Crippen molar-refractivity contribution in [1.29, 1.82) is 0 Å². The number of benzene rings is 1. The number of ether oxygens (including phenoxy) is 2. The van der Waals surface area contributed by atoms with Crippen molar-refractivity contribution in [3.05, 3.63) is 41.9 Å². The van der Waals surface area contributed by atoms with Gasteiger partial charge in [0.15, 0.2) is 17.3 Å². The van der Waals surface area contributed by atoms with Crippen LogP contribution in [0.15, 0.2) is 34.9 Å². The van der Waals surface area contributed by atoms with Crippen molar-refractivity contribution in [3.8, 4) is 11.5 Å². The molecule has 0 spiro atoms. The van der Waals surface area contributed by atoms with E-state index in [2.05, 4.69) is 10.6 Å². The molecule has 1 saturated carbocycles. The maximum absolute atomic E-state index is 12.7. The largest absolute Gasteiger partial charge is 0.493 e. The van der Waals surface area contributed by atoms with Gasteiger partial charge in [0.2, 0.25) is 0 Å². The van der Waals surface area contributed by atoms with Crippen LogP contribution < -0.4 is 25.8 Å². The van der Waals surface area contributed by atoms with Gasteiger partial charge in [0, 0.05) is 18.7 Å². The van der Waals surface area contributed by atoms with E-state index in [0.717, 1.165) is 12.8 Å². The maximum Gasteiger partial charge on any atom is 0.291 e. The van der Waals surface area contributed by atoms with Crippen LogP contribution in [0.5, 0.6) is 11.5 Å². The molecule has 0 radical (unpaired) electrons. The molecule has 1 aliphatic rings. The summed E-state index contributed by atoms with van der Waals surface area (Å²) in [7, 11) is 2.95.